The van der Waals surface area contributed by atoms with Crippen LogP contribution in [0, 0.1) is 5.41 Å². The van der Waals surface area contributed by atoms with Crippen LogP contribution in [0.4, 0.5) is 5.95 Å². The van der Waals surface area contributed by atoms with Crippen LogP contribution >= 0.6 is 0 Å². The summed E-state index contributed by atoms with van der Waals surface area (Å²) in [6.07, 6.45) is 11.8. The Bertz CT molecular complexity index is 635. The van der Waals surface area contributed by atoms with Gasteiger partial charge >= 0.3 is 0 Å². The van der Waals surface area contributed by atoms with Gasteiger partial charge in [-0.15, -0.1) is 0 Å². The van der Waals surface area contributed by atoms with E-state index in [-0.39, 0.29) is 12.0 Å². The molecule has 0 amide bonds. The average Bonchev–Trinajstić information content (AvgIpc) is 2.82. The number of anilines is 1. The highest BCUT2D eigenvalue weighted by atomic mass is 16.3. The lowest BCUT2D eigenvalue weighted by Gasteiger charge is -2.36. The van der Waals surface area contributed by atoms with Gasteiger partial charge in [0.15, 0.2) is 5.96 Å². The van der Waals surface area contributed by atoms with Gasteiger partial charge in [-0.1, -0.05) is 19.3 Å². The minimum Gasteiger partial charge on any atom is -0.396 e. The predicted molar refractivity (Wildman–Crippen MR) is 127 cm³/mol. The van der Waals surface area contributed by atoms with Crippen molar-refractivity contribution in [3.05, 3.63) is 18.5 Å². The Kier molecular flexibility index (Phi) is 9.81. The molecule has 0 spiro atoms. The summed E-state index contributed by atoms with van der Waals surface area (Å²) in [5.41, 5.74) is 0.192. The molecule has 0 bridgehead atoms. The fraction of sp³-hybridized carbons (Fsp3) is 0.783. The third-order valence-electron chi connectivity index (χ3n) is 6.62. The topological polar surface area (TPSA) is 88.9 Å². The zero-order valence-corrected chi connectivity index (χ0v) is 19.2. The first-order valence-corrected chi connectivity index (χ1v) is 12.1. The number of hydrogen-bond donors (Lipinski definition) is 3. The number of guanidine groups is 1. The van der Waals surface area contributed by atoms with E-state index in [1.54, 1.807) is 0 Å². The van der Waals surface area contributed by atoms with E-state index >= 15 is 0 Å². The molecule has 0 atom stereocenters. The van der Waals surface area contributed by atoms with Gasteiger partial charge in [-0.25, -0.2) is 9.97 Å². The highest BCUT2D eigenvalue weighted by Crippen LogP contribution is 2.39. The Balaban J connectivity index is 1.38. The van der Waals surface area contributed by atoms with E-state index in [0.717, 1.165) is 77.1 Å². The van der Waals surface area contributed by atoms with Gasteiger partial charge in [0, 0.05) is 64.8 Å². The quantitative estimate of drug-likeness (QED) is 0.296. The van der Waals surface area contributed by atoms with E-state index in [0.29, 0.717) is 0 Å². The normalized spacial score (nSPS) is 19.9. The fourth-order valence-electron chi connectivity index (χ4n) is 4.75. The lowest BCUT2D eigenvalue weighted by Crippen LogP contribution is -2.47. The van der Waals surface area contributed by atoms with Gasteiger partial charge in [-0.3, -0.25) is 9.89 Å². The maximum atomic E-state index is 9.54. The van der Waals surface area contributed by atoms with Gasteiger partial charge < -0.3 is 20.6 Å². The molecule has 3 N–H and O–H groups in total. The summed E-state index contributed by atoms with van der Waals surface area (Å²) in [4.78, 5) is 18.4. The number of hydrogen-bond acceptors (Lipinski definition) is 6. The molecule has 0 aromatic carbocycles. The van der Waals surface area contributed by atoms with Gasteiger partial charge in [0.2, 0.25) is 5.95 Å². The summed E-state index contributed by atoms with van der Waals surface area (Å²) >= 11 is 0. The minimum absolute atomic E-state index is 0.192. The minimum atomic E-state index is 0.192. The molecule has 0 radical (unpaired) electrons. The number of rotatable bonds is 10. The van der Waals surface area contributed by atoms with E-state index < -0.39 is 0 Å². The van der Waals surface area contributed by atoms with E-state index in [1.165, 1.54) is 32.1 Å². The van der Waals surface area contributed by atoms with Gasteiger partial charge in [0.1, 0.15) is 0 Å². The maximum Gasteiger partial charge on any atom is 0.225 e. The van der Waals surface area contributed by atoms with Crippen LogP contribution in [-0.2, 0) is 0 Å². The highest BCUT2D eigenvalue weighted by molar-refractivity contribution is 5.79. The van der Waals surface area contributed by atoms with Crippen LogP contribution in [0.2, 0.25) is 0 Å². The van der Waals surface area contributed by atoms with Crippen LogP contribution in [0.25, 0.3) is 0 Å². The molecule has 31 heavy (non-hydrogen) atoms. The van der Waals surface area contributed by atoms with Gasteiger partial charge in [0.05, 0.1) is 0 Å². The third kappa shape index (κ3) is 7.61. The molecule has 174 valence electrons. The number of nitrogens with zero attached hydrogens (tertiary/aromatic N) is 5. The van der Waals surface area contributed by atoms with Crippen LogP contribution in [0.15, 0.2) is 23.5 Å². The lowest BCUT2D eigenvalue weighted by molar-refractivity contribution is 0.137. The Morgan fingerprint density at radius 3 is 2.52 bits per heavy atom. The van der Waals surface area contributed by atoms with E-state index in [9.17, 15) is 5.11 Å². The molecule has 2 heterocycles. The van der Waals surface area contributed by atoms with Crippen molar-refractivity contribution in [2.24, 2.45) is 10.4 Å². The van der Waals surface area contributed by atoms with Crippen LogP contribution in [-0.4, -0.2) is 84.9 Å². The number of aliphatic hydroxyl groups excluding tert-OH is 1. The van der Waals surface area contributed by atoms with Crippen molar-refractivity contribution >= 4 is 11.9 Å². The van der Waals surface area contributed by atoms with Crippen molar-refractivity contribution < 1.29 is 5.11 Å². The van der Waals surface area contributed by atoms with Gasteiger partial charge in [0.25, 0.3) is 0 Å². The number of aliphatic imine (C=N–C) groups is 1. The summed E-state index contributed by atoms with van der Waals surface area (Å²) < 4.78 is 0. The summed E-state index contributed by atoms with van der Waals surface area (Å²) in [6, 6.07) is 1.86. The smallest absolute Gasteiger partial charge is 0.225 e. The molecule has 8 heteroatoms. The van der Waals surface area contributed by atoms with E-state index in [1.807, 2.05) is 18.5 Å². The zero-order valence-electron chi connectivity index (χ0n) is 19.2. The molecule has 3 rings (SSSR count). The SMILES string of the molecule is CCNC(=NCC1(CCO)CCCCC1)NCCCN1CCN(c2ncccn2)CC1. The van der Waals surface area contributed by atoms with E-state index in [4.69, 9.17) is 4.99 Å². The third-order valence-corrected chi connectivity index (χ3v) is 6.62. The molecule has 1 aliphatic carbocycles. The predicted octanol–water partition coefficient (Wildman–Crippen LogP) is 1.88. The van der Waals surface area contributed by atoms with Crippen molar-refractivity contribution in [3.8, 4) is 0 Å². The van der Waals surface area contributed by atoms with Crippen molar-refractivity contribution in [2.45, 2.75) is 51.9 Å². The second-order valence-electron chi connectivity index (χ2n) is 8.89. The van der Waals surface area contributed by atoms with Crippen LogP contribution in [0.3, 0.4) is 0 Å². The fourth-order valence-corrected chi connectivity index (χ4v) is 4.75. The average molecular weight is 432 g/mol. The number of nitrogens with one attached hydrogen (secondary N) is 2. The van der Waals surface area contributed by atoms with Gasteiger partial charge in [-0.05, 0) is 50.6 Å². The summed E-state index contributed by atoms with van der Waals surface area (Å²) in [6.45, 7) is 10.1. The first kappa shape index (κ1) is 23.7. The molecule has 1 aliphatic heterocycles. The Hall–Kier alpha value is -1.93. The van der Waals surface area contributed by atoms with Crippen molar-refractivity contribution in [3.63, 3.8) is 0 Å². The lowest BCUT2D eigenvalue weighted by atomic mass is 9.72. The molecular weight excluding hydrogens is 390 g/mol. The van der Waals surface area contributed by atoms with Crippen LogP contribution in [0.1, 0.15) is 51.9 Å². The second-order valence-corrected chi connectivity index (χ2v) is 8.89. The van der Waals surface area contributed by atoms with Crippen molar-refractivity contribution in [1.82, 2.24) is 25.5 Å². The Morgan fingerprint density at radius 2 is 1.84 bits per heavy atom. The maximum absolute atomic E-state index is 9.54. The number of aliphatic hydroxyl groups is 1. The zero-order chi connectivity index (χ0) is 21.8. The first-order chi connectivity index (χ1) is 15.2. The molecule has 1 saturated carbocycles. The van der Waals surface area contributed by atoms with Crippen LogP contribution in [0.5, 0.6) is 0 Å². The van der Waals surface area contributed by atoms with Crippen molar-refractivity contribution in [2.75, 3.05) is 63.9 Å². The summed E-state index contributed by atoms with van der Waals surface area (Å²) in [5, 5.41) is 16.4. The molecule has 0 unspecified atom stereocenters. The van der Waals surface area contributed by atoms with Crippen LogP contribution < -0.4 is 15.5 Å². The molecular formula is C23H41N7O. The molecule has 1 aromatic rings. The number of piperazine rings is 1. The number of aromatic nitrogens is 2. The van der Waals surface area contributed by atoms with Gasteiger partial charge in [-0.2, -0.15) is 0 Å². The largest absolute Gasteiger partial charge is 0.396 e. The van der Waals surface area contributed by atoms with E-state index in [2.05, 4.69) is 37.3 Å². The Morgan fingerprint density at radius 1 is 1.10 bits per heavy atom. The monoisotopic (exact) mass is 431 g/mol. The summed E-state index contributed by atoms with van der Waals surface area (Å²) in [7, 11) is 0. The standard InChI is InChI=1S/C23H41N7O/c1-2-24-21(28-20-23(10-19-31)8-4-3-5-9-23)25-13-7-14-29-15-17-30(18-16-29)22-26-11-6-12-27-22/h6,11-12,31H,2-5,7-10,13-20H2,1H3,(H2,24,25,28). The molecule has 1 saturated heterocycles. The molecule has 1 aromatic heterocycles. The first-order valence-electron chi connectivity index (χ1n) is 12.1. The second kappa shape index (κ2) is 12.8. The highest BCUT2D eigenvalue weighted by Gasteiger charge is 2.31. The molecule has 8 nitrogen and oxygen atoms in total. The van der Waals surface area contributed by atoms with Crippen molar-refractivity contribution in [1.29, 1.82) is 0 Å². The Labute approximate surface area is 187 Å². The molecule has 2 aliphatic rings. The summed E-state index contributed by atoms with van der Waals surface area (Å²) in [5.74, 6) is 1.75. The molecule has 2 fully saturated rings.